The van der Waals surface area contributed by atoms with Gasteiger partial charge in [0.15, 0.2) is 0 Å². The van der Waals surface area contributed by atoms with Crippen molar-refractivity contribution < 1.29 is 4.74 Å². The zero-order valence-corrected chi connectivity index (χ0v) is 12.4. The molecule has 0 atom stereocenters. The van der Waals surface area contributed by atoms with Gasteiger partial charge in [0, 0.05) is 18.3 Å². The number of hydrogen-bond donors (Lipinski definition) is 1. The van der Waals surface area contributed by atoms with E-state index in [1.165, 1.54) is 25.7 Å². The molecule has 0 unspecified atom stereocenters. The van der Waals surface area contributed by atoms with Crippen LogP contribution in [-0.2, 0) is 6.54 Å². The van der Waals surface area contributed by atoms with E-state index in [0.29, 0.717) is 0 Å². The van der Waals surface area contributed by atoms with Crippen LogP contribution in [0.3, 0.4) is 0 Å². The molecular weight excluding hydrogens is 236 g/mol. The van der Waals surface area contributed by atoms with Crippen molar-refractivity contribution in [3.8, 4) is 5.75 Å². The Bertz CT molecular complexity index is 392. The molecule has 0 aromatic carbocycles. The third kappa shape index (κ3) is 4.83. The second kappa shape index (κ2) is 6.38. The summed E-state index contributed by atoms with van der Waals surface area (Å²) in [5, 5.41) is 3.46. The second-order valence-corrected chi connectivity index (χ2v) is 6.51. The minimum absolute atomic E-state index is 0.0975. The summed E-state index contributed by atoms with van der Waals surface area (Å²) in [7, 11) is 0. The van der Waals surface area contributed by atoms with Crippen LogP contribution in [-0.4, -0.2) is 17.1 Å². The van der Waals surface area contributed by atoms with Crippen molar-refractivity contribution in [3.05, 3.63) is 24.0 Å². The third-order valence-electron chi connectivity index (χ3n) is 3.58. The smallest absolute Gasteiger partial charge is 0.142 e. The third-order valence-corrected chi connectivity index (χ3v) is 3.58. The minimum Gasteiger partial charge on any atom is -0.491 e. The van der Waals surface area contributed by atoms with Gasteiger partial charge in [-0.25, -0.2) is 0 Å². The fourth-order valence-corrected chi connectivity index (χ4v) is 2.42. The van der Waals surface area contributed by atoms with E-state index in [9.17, 15) is 0 Å². The lowest BCUT2D eigenvalue weighted by atomic mass is 10.1. The largest absolute Gasteiger partial charge is 0.491 e. The van der Waals surface area contributed by atoms with Gasteiger partial charge < -0.3 is 10.1 Å². The zero-order chi connectivity index (χ0) is 13.7. The molecule has 106 valence electrons. The van der Waals surface area contributed by atoms with Gasteiger partial charge in [-0.15, -0.1) is 0 Å². The summed E-state index contributed by atoms with van der Waals surface area (Å²) in [4.78, 5) is 4.44. The number of pyridine rings is 1. The summed E-state index contributed by atoms with van der Waals surface area (Å²) in [6.07, 6.45) is 7.19. The number of hydrogen-bond acceptors (Lipinski definition) is 3. The summed E-state index contributed by atoms with van der Waals surface area (Å²) in [6, 6.07) is 3.98. The van der Waals surface area contributed by atoms with E-state index in [0.717, 1.165) is 30.5 Å². The quantitative estimate of drug-likeness (QED) is 0.881. The van der Waals surface area contributed by atoms with Gasteiger partial charge in [0.2, 0.25) is 0 Å². The first-order valence-corrected chi connectivity index (χ1v) is 7.36. The fraction of sp³-hybridized carbons (Fsp3) is 0.688. The Morgan fingerprint density at radius 3 is 2.74 bits per heavy atom. The zero-order valence-electron chi connectivity index (χ0n) is 12.4. The van der Waals surface area contributed by atoms with Gasteiger partial charge in [0.25, 0.3) is 0 Å². The number of rotatable bonds is 5. The number of nitrogens with one attached hydrogen (secondary N) is 1. The average Bonchev–Trinajstić information content (AvgIpc) is 2.87. The minimum atomic E-state index is 0.0975. The molecule has 1 aliphatic carbocycles. The topological polar surface area (TPSA) is 34.2 Å². The molecule has 2 rings (SSSR count). The molecule has 19 heavy (non-hydrogen) atoms. The molecule has 1 N–H and O–H groups in total. The van der Waals surface area contributed by atoms with Crippen molar-refractivity contribution in [2.24, 2.45) is 5.92 Å². The summed E-state index contributed by atoms with van der Waals surface area (Å²) < 4.78 is 5.98. The first kappa shape index (κ1) is 14.3. The van der Waals surface area contributed by atoms with Crippen molar-refractivity contribution in [3.63, 3.8) is 0 Å². The van der Waals surface area contributed by atoms with Crippen molar-refractivity contribution >= 4 is 0 Å². The monoisotopic (exact) mass is 262 g/mol. The van der Waals surface area contributed by atoms with E-state index in [-0.39, 0.29) is 5.54 Å². The normalized spacial score (nSPS) is 16.8. The van der Waals surface area contributed by atoms with Gasteiger partial charge in [-0.2, -0.15) is 0 Å². The predicted molar refractivity (Wildman–Crippen MR) is 78.3 cm³/mol. The first-order valence-electron chi connectivity index (χ1n) is 7.36. The Labute approximate surface area is 116 Å². The molecule has 0 amide bonds. The maximum atomic E-state index is 5.98. The van der Waals surface area contributed by atoms with Crippen LogP contribution in [0.5, 0.6) is 5.75 Å². The highest BCUT2D eigenvalue weighted by Crippen LogP contribution is 2.26. The highest BCUT2D eigenvalue weighted by atomic mass is 16.5. The maximum absolute atomic E-state index is 5.98. The van der Waals surface area contributed by atoms with Gasteiger partial charge in [-0.05, 0) is 51.7 Å². The highest BCUT2D eigenvalue weighted by molar-refractivity contribution is 5.26. The Morgan fingerprint density at radius 2 is 2.05 bits per heavy atom. The van der Waals surface area contributed by atoms with E-state index in [1.54, 1.807) is 0 Å². The Kier molecular flexibility index (Phi) is 4.81. The van der Waals surface area contributed by atoms with Crippen molar-refractivity contribution in [2.45, 2.75) is 58.5 Å². The van der Waals surface area contributed by atoms with Crippen LogP contribution in [0.15, 0.2) is 18.3 Å². The van der Waals surface area contributed by atoms with Gasteiger partial charge >= 0.3 is 0 Å². The molecular formula is C16H26N2O. The second-order valence-electron chi connectivity index (χ2n) is 6.51. The van der Waals surface area contributed by atoms with Gasteiger partial charge in [0.1, 0.15) is 5.75 Å². The van der Waals surface area contributed by atoms with Crippen LogP contribution in [0.4, 0.5) is 0 Å². The standard InChI is InChI=1S/C16H26N2O/c1-16(2,3)18-11-14-15(9-6-10-17-14)19-12-13-7-4-5-8-13/h6,9-10,13,18H,4-5,7-8,11-12H2,1-3H3. The van der Waals surface area contributed by atoms with Gasteiger partial charge in [-0.3, -0.25) is 4.98 Å². The molecule has 1 saturated carbocycles. The lowest BCUT2D eigenvalue weighted by Gasteiger charge is -2.21. The SMILES string of the molecule is CC(C)(C)NCc1ncccc1OCC1CCCC1. The molecule has 0 spiro atoms. The molecule has 1 heterocycles. The van der Waals surface area contributed by atoms with Crippen LogP contribution in [0.25, 0.3) is 0 Å². The Hall–Kier alpha value is -1.09. The fourth-order valence-electron chi connectivity index (χ4n) is 2.42. The van der Waals surface area contributed by atoms with Crippen LogP contribution >= 0.6 is 0 Å². The first-order chi connectivity index (χ1) is 9.04. The van der Waals surface area contributed by atoms with Crippen LogP contribution < -0.4 is 10.1 Å². The van der Waals surface area contributed by atoms with E-state index >= 15 is 0 Å². The molecule has 1 aromatic heterocycles. The van der Waals surface area contributed by atoms with Gasteiger partial charge in [0.05, 0.1) is 12.3 Å². The molecule has 3 heteroatoms. The van der Waals surface area contributed by atoms with Crippen LogP contribution in [0.1, 0.15) is 52.1 Å². The lowest BCUT2D eigenvalue weighted by Crippen LogP contribution is -2.35. The molecule has 0 saturated heterocycles. The van der Waals surface area contributed by atoms with Gasteiger partial charge in [-0.1, -0.05) is 12.8 Å². The molecule has 1 aliphatic rings. The van der Waals surface area contributed by atoms with Crippen molar-refractivity contribution in [1.82, 2.24) is 10.3 Å². The average molecular weight is 262 g/mol. The lowest BCUT2D eigenvalue weighted by molar-refractivity contribution is 0.247. The molecule has 0 bridgehead atoms. The number of nitrogens with zero attached hydrogens (tertiary/aromatic N) is 1. The molecule has 0 aliphatic heterocycles. The number of ether oxygens (including phenoxy) is 1. The highest BCUT2D eigenvalue weighted by Gasteiger charge is 2.17. The Morgan fingerprint density at radius 1 is 1.32 bits per heavy atom. The van der Waals surface area contributed by atoms with Crippen molar-refractivity contribution in [1.29, 1.82) is 0 Å². The van der Waals surface area contributed by atoms with E-state index in [4.69, 9.17) is 4.74 Å². The van der Waals surface area contributed by atoms with Crippen LogP contribution in [0.2, 0.25) is 0 Å². The summed E-state index contributed by atoms with van der Waals surface area (Å²) in [6.45, 7) is 8.08. The number of aromatic nitrogens is 1. The van der Waals surface area contributed by atoms with Crippen molar-refractivity contribution in [2.75, 3.05) is 6.61 Å². The molecule has 0 radical (unpaired) electrons. The summed E-state index contributed by atoms with van der Waals surface area (Å²) in [5.74, 6) is 1.68. The molecule has 3 nitrogen and oxygen atoms in total. The van der Waals surface area contributed by atoms with Crippen LogP contribution in [0, 0.1) is 5.92 Å². The van der Waals surface area contributed by atoms with E-state index < -0.39 is 0 Å². The molecule has 1 fully saturated rings. The van der Waals surface area contributed by atoms with E-state index in [1.807, 2.05) is 18.3 Å². The summed E-state index contributed by atoms with van der Waals surface area (Å²) >= 11 is 0. The Balaban J connectivity index is 1.91. The maximum Gasteiger partial charge on any atom is 0.142 e. The van der Waals surface area contributed by atoms with E-state index in [2.05, 4.69) is 31.1 Å². The predicted octanol–water partition coefficient (Wildman–Crippen LogP) is 3.54. The summed E-state index contributed by atoms with van der Waals surface area (Å²) in [5.41, 5.74) is 1.11. The molecule has 1 aromatic rings.